The van der Waals surface area contributed by atoms with Gasteiger partial charge in [-0.25, -0.2) is 0 Å². The molecular formula is C14H19ClN2S. The van der Waals surface area contributed by atoms with Gasteiger partial charge in [-0.3, -0.25) is 0 Å². The van der Waals surface area contributed by atoms with Crippen LogP contribution in [-0.4, -0.2) is 11.0 Å². The van der Waals surface area contributed by atoms with Crippen LogP contribution in [-0.2, 0) is 0 Å². The minimum absolute atomic E-state index is 0.345. The predicted octanol–water partition coefficient (Wildman–Crippen LogP) is 3.96. The average molecular weight is 283 g/mol. The number of hydrogen-bond acceptors (Lipinski definition) is 2. The Hall–Kier alpha value is -0.800. The summed E-state index contributed by atoms with van der Waals surface area (Å²) in [6, 6.07) is 6.35. The van der Waals surface area contributed by atoms with Crippen molar-refractivity contribution in [1.29, 1.82) is 0 Å². The van der Waals surface area contributed by atoms with Gasteiger partial charge >= 0.3 is 0 Å². The fourth-order valence-corrected chi connectivity index (χ4v) is 3.07. The maximum Gasteiger partial charge on any atom is 0.105 e. The Bertz CT molecular complexity index is 447. The number of benzene rings is 1. The monoisotopic (exact) mass is 282 g/mol. The Morgan fingerprint density at radius 3 is 2.72 bits per heavy atom. The molecule has 0 saturated heterocycles. The van der Waals surface area contributed by atoms with E-state index in [0.717, 1.165) is 11.3 Å². The van der Waals surface area contributed by atoms with E-state index in [0.29, 0.717) is 22.0 Å². The van der Waals surface area contributed by atoms with Crippen molar-refractivity contribution in [1.82, 2.24) is 0 Å². The molecule has 1 aromatic rings. The number of rotatable bonds is 3. The van der Waals surface area contributed by atoms with E-state index in [9.17, 15) is 0 Å². The number of anilines is 1. The zero-order valence-corrected chi connectivity index (χ0v) is 12.2. The second kappa shape index (κ2) is 5.89. The molecule has 18 heavy (non-hydrogen) atoms. The number of nitrogens with two attached hydrogens (primary N) is 1. The highest BCUT2D eigenvalue weighted by Gasteiger charge is 2.21. The molecule has 0 bridgehead atoms. The van der Waals surface area contributed by atoms with Gasteiger partial charge in [-0.2, -0.15) is 0 Å². The Kier molecular flexibility index (Phi) is 4.46. The zero-order valence-electron chi connectivity index (χ0n) is 10.6. The number of hydrogen-bond donors (Lipinski definition) is 2. The first kappa shape index (κ1) is 13.6. The van der Waals surface area contributed by atoms with Gasteiger partial charge in [0.1, 0.15) is 4.99 Å². The van der Waals surface area contributed by atoms with Crippen LogP contribution in [0.4, 0.5) is 5.69 Å². The summed E-state index contributed by atoms with van der Waals surface area (Å²) < 4.78 is 0. The van der Waals surface area contributed by atoms with Crippen molar-refractivity contribution in [2.24, 2.45) is 11.7 Å². The van der Waals surface area contributed by atoms with Crippen molar-refractivity contribution >= 4 is 34.5 Å². The van der Waals surface area contributed by atoms with E-state index in [4.69, 9.17) is 29.6 Å². The minimum Gasteiger partial charge on any atom is -0.389 e. The molecule has 3 N–H and O–H groups in total. The van der Waals surface area contributed by atoms with E-state index in [2.05, 4.69) is 12.2 Å². The van der Waals surface area contributed by atoms with Gasteiger partial charge in [0.25, 0.3) is 0 Å². The van der Waals surface area contributed by atoms with Crippen LogP contribution in [0, 0.1) is 5.92 Å². The molecule has 1 aliphatic carbocycles. The van der Waals surface area contributed by atoms with Crippen LogP contribution >= 0.6 is 23.8 Å². The summed E-state index contributed by atoms with van der Waals surface area (Å²) in [5.74, 6) is 0.716. The first-order chi connectivity index (χ1) is 8.58. The molecule has 0 radical (unpaired) electrons. The van der Waals surface area contributed by atoms with E-state index in [1.54, 1.807) is 0 Å². The molecule has 98 valence electrons. The number of halogens is 1. The fraction of sp³-hybridized carbons (Fsp3) is 0.500. The summed E-state index contributed by atoms with van der Waals surface area (Å²) in [5, 5.41) is 4.19. The third kappa shape index (κ3) is 3.15. The molecule has 0 heterocycles. The molecule has 0 amide bonds. The molecule has 0 aromatic heterocycles. The third-order valence-corrected chi connectivity index (χ3v) is 4.23. The lowest BCUT2D eigenvalue weighted by Gasteiger charge is -2.30. The van der Waals surface area contributed by atoms with Gasteiger partial charge in [-0.05, 0) is 37.0 Å². The largest absolute Gasteiger partial charge is 0.389 e. The smallest absolute Gasteiger partial charge is 0.105 e. The summed E-state index contributed by atoms with van der Waals surface area (Å²) >= 11 is 11.1. The Balaban J connectivity index is 2.10. The van der Waals surface area contributed by atoms with Crippen LogP contribution < -0.4 is 11.1 Å². The average Bonchev–Trinajstić information content (AvgIpc) is 2.32. The lowest BCUT2D eigenvalue weighted by atomic mass is 9.86. The molecule has 1 fully saturated rings. The van der Waals surface area contributed by atoms with Gasteiger partial charge in [-0.1, -0.05) is 43.6 Å². The van der Waals surface area contributed by atoms with Crippen LogP contribution in [0.3, 0.4) is 0 Å². The highest BCUT2D eigenvalue weighted by molar-refractivity contribution is 7.80. The maximum absolute atomic E-state index is 6.17. The highest BCUT2D eigenvalue weighted by atomic mass is 35.5. The summed E-state index contributed by atoms with van der Waals surface area (Å²) in [5.41, 5.74) is 7.40. The van der Waals surface area contributed by atoms with Gasteiger partial charge < -0.3 is 11.1 Å². The summed E-state index contributed by atoms with van der Waals surface area (Å²) in [4.78, 5) is 0.345. The third-order valence-electron chi connectivity index (χ3n) is 3.70. The molecule has 0 spiro atoms. The summed E-state index contributed by atoms with van der Waals surface area (Å²) in [6.07, 6.45) is 5.19. The normalized spacial score (nSPS) is 23.7. The van der Waals surface area contributed by atoms with Crippen molar-refractivity contribution in [2.45, 2.75) is 38.6 Å². The number of nitrogens with one attached hydrogen (secondary N) is 1. The van der Waals surface area contributed by atoms with E-state index in [-0.39, 0.29) is 0 Å². The molecule has 1 aromatic carbocycles. The molecule has 0 aliphatic heterocycles. The minimum atomic E-state index is 0.345. The van der Waals surface area contributed by atoms with Crippen LogP contribution in [0.15, 0.2) is 18.2 Å². The van der Waals surface area contributed by atoms with Gasteiger partial charge in [0.2, 0.25) is 0 Å². The Labute approximate surface area is 119 Å². The first-order valence-corrected chi connectivity index (χ1v) is 7.22. The summed E-state index contributed by atoms with van der Waals surface area (Å²) in [7, 11) is 0. The lowest BCUT2D eigenvalue weighted by molar-refractivity contribution is 0.349. The molecule has 4 heteroatoms. The van der Waals surface area contributed by atoms with E-state index < -0.39 is 0 Å². The van der Waals surface area contributed by atoms with E-state index >= 15 is 0 Å². The molecule has 1 saturated carbocycles. The Morgan fingerprint density at radius 1 is 1.39 bits per heavy atom. The SMILES string of the molecule is CC1CCCCC1Nc1ccc(C(N)=S)c(Cl)c1. The highest BCUT2D eigenvalue weighted by Crippen LogP contribution is 2.28. The molecule has 2 rings (SSSR count). The van der Waals surface area contributed by atoms with Gasteiger partial charge in [0.05, 0.1) is 5.02 Å². The number of thiocarbonyl (C=S) groups is 1. The standard InChI is InChI=1S/C14H19ClN2S/c1-9-4-2-3-5-13(9)17-10-6-7-11(14(16)18)12(15)8-10/h6-9,13,17H,2-5H2,1H3,(H2,16,18). The van der Waals surface area contributed by atoms with Crippen molar-refractivity contribution < 1.29 is 0 Å². The second-order valence-corrected chi connectivity index (χ2v) is 5.92. The topological polar surface area (TPSA) is 38.0 Å². The van der Waals surface area contributed by atoms with Crippen molar-refractivity contribution in [2.75, 3.05) is 5.32 Å². The quantitative estimate of drug-likeness (QED) is 0.824. The van der Waals surface area contributed by atoms with Gasteiger partial charge in [0.15, 0.2) is 0 Å². The van der Waals surface area contributed by atoms with Crippen LogP contribution in [0.1, 0.15) is 38.2 Å². The molecular weight excluding hydrogens is 264 g/mol. The van der Waals surface area contributed by atoms with Crippen molar-refractivity contribution in [3.8, 4) is 0 Å². The molecule has 2 nitrogen and oxygen atoms in total. The van der Waals surface area contributed by atoms with Crippen molar-refractivity contribution in [3.63, 3.8) is 0 Å². The maximum atomic E-state index is 6.17. The first-order valence-electron chi connectivity index (χ1n) is 6.44. The lowest BCUT2D eigenvalue weighted by Crippen LogP contribution is -2.30. The van der Waals surface area contributed by atoms with E-state index in [1.807, 2.05) is 18.2 Å². The summed E-state index contributed by atoms with van der Waals surface area (Å²) in [6.45, 7) is 2.31. The Morgan fingerprint density at radius 2 is 2.11 bits per heavy atom. The molecule has 2 unspecified atom stereocenters. The van der Waals surface area contributed by atoms with Crippen LogP contribution in [0.2, 0.25) is 5.02 Å². The van der Waals surface area contributed by atoms with Crippen molar-refractivity contribution in [3.05, 3.63) is 28.8 Å². The molecule has 2 atom stereocenters. The van der Waals surface area contributed by atoms with E-state index in [1.165, 1.54) is 25.7 Å². The van der Waals surface area contributed by atoms with Crippen LogP contribution in [0.25, 0.3) is 0 Å². The zero-order chi connectivity index (χ0) is 13.1. The molecule has 1 aliphatic rings. The van der Waals surface area contributed by atoms with Gasteiger partial charge in [-0.15, -0.1) is 0 Å². The van der Waals surface area contributed by atoms with Gasteiger partial charge in [0, 0.05) is 17.3 Å². The second-order valence-electron chi connectivity index (χ2n) is 5.07. The van der Waals surface area contributed by atoms with Crippen LogP contribution in [0.5, 0.6) is 0 Å². The fourth-order valence-electron chi connectivity index (χ4n) is 2.55. The predicted molar refractivity (Wildman–Crippen MR) is 82.4 cm³/mol.